The van der Waals surface area contributed by atoms with Gasteiger partial charge < -0.3 is 9.73 Å². The first kappa shape index (κ1) is 18.8. The summed E-state index contributed by atoms with van der Waals surface area (Å²) in [5.74, 6) is -0.437. The van der Waals surface area contributed by atoms with Crippen molar-refractivity contribution in [1.29, 1.82) is 0 Å². The standard InChI is InChI=1S/C20H14N4O3S2/c25-17(12-5-2-1-3-6-12)23-19(28)21-13-8-9-14-16(11-13)29-20(22-14)24-18(26)15-7-4-10-27-15/h1-11H,(H,22,24,26)(H2,21,23,25,28). The third-order valence-electron chi connectivity index (χ3n) is 3.87. The molecule has 0 unspecified atom stereocenters. The molecule has 3 N–H and O–H groups in total. The van der Waals surface area contributed by atoms with Gasteiger partial charge in [-0.2, -0.15) is 0 Å². The van der Waals surface area contributed by atoms with Crippen LogP contribution < -0.4 is 16.0 Å². The highest BCUT2D eigenvalue weighted by Gasteiger charge is 2.13. The van der Waals surface area contributed by atoms with Gasteiger partial charge in [-0.1, -0.05) is 29.5 Å². The lowest BCUT2D eigenvalue weighted by molar-refractivity contribution is 0.0975. The molecule has 0 spiro atoms. The summed E-state index contributed by atoms with van der Waals surface area (Å²) < 4.78 is 5.92. The average molecular weight is 422 g/mol. The van der Waals surface area contributed by atoms with Crippen molar-refractivity contribution in [3.8, 4) is 0 Å². The Labute approximate surface area is 174 Å². The van der Waals surface area contributed by atoms with E-state index in [1.54, 1.807) is 48.5 Å². The van der Waals surface area contributed by atoms with E-state index in [2.05, 4.69) is 20.9 Å². The molecule has 4 rings (SSSR count). The fourth-order valence-corrected chi connectivity index (χ4v) is 3.66. The molecule has 7 nitrogen and oxygen atoms in total. The highest BCUT2D eigenvalue weighted by Crippen LogP contribution is 2.28. The number of aromatic nitrogens is 1. The Hall–Kier alpha value is -3.56. The van der Waals surface area contributed by atoms with Crippen molar-refractivity contribution in [1.82, 2.24) is 10.3 Å². The zero-order valence-electron chi connectivity index (χ0n) is 14.8. The highest BCUT2D eigenvalue weighted by atomic mass is 32.1. The number of benzene rings is 2. The monoisotopic (exact) mass is 422 g/mol. The number of hydrogen-bond acceptors (Lipinski definition) is 6. The first-order valence-corrected chi connectivity index (χ1v) is 9.74. The minimum atomic E-state index is -0.364. The molecule has 29 heavy (non-hydrogen) atoms. The fraction of sp³-hybridized carbons (Fsp3) is 0. The topological polar surface area (TPSA) is 96.3 Å². The van der Waals surface area contributed by atoms with Crippen molar-refractivity contribution < 1.29 is 14.0 Å². The van der Waals surface area contributed by atoms with Crippen LogP contribution in [0.2, 0.25) is 0 Å². The molecule has 9 heteroatoms. The van der Waals surface area contributed by atoms with Crippen LogP contribution in [0.5, 0.6) is 0 Å². The molecule has 0 atom stereocenters. The van der Waals surface area contributed by atoms with Crippen LogP contribution in [-0.4, -0.2) is 21.9 Å². The molecule has 2 amide bonds. The van der Waals surface area contributed by atoms with Crippen LogP contribution >= 0.6 is 23.6 Å². The minimum absolute atomic E-state index is 0.189. The van der Waals surface area contributed by atoms with Crippen molar-refractivity contribution in [2.45, 2.75) is 0 Å². The molecule has 0 radical (unpaired) electrons. The molecule has 2 aromatic carbocycles. The van der Waals surface area contributed by atoms with E-state index >= 15 is 0 Å². The van der Waals surface area contributed by atoms with Crippen LogP contribution in [0.3, 0.4) is 0 Å². The summed E-state index contributed by atoms with van der Waals surface area (Å²) in [5, 5.41) is 8.98. The lowest BCUT2D eigenvalue weighted by Gasteiger charge is -2.09. The predicted octanol–water partition coefficient (Wildman–Crippen LogP) is 4.27. The van der Waals surface area contributed by atoms with Gasteiger partial charge in [-0.15, -0.1) is 0 Å². The lowest BCUT2D eigenvalue weighted by Crippen LogP contribution is -2.34. The summed E-state index contributed by atoms with van der Waals surface area (Å²) in [6, 6.07) is 17.5. The predicted molar refractivity (Wildman–Crippen MR) is 116 cm³/mol. The molecule has 0 saturated heterocycles. The molecule has 0 aliphatic rings. The van der Waals surface area contributed by atoms with E-state index in [9.17, 15) is 9.59 Å². The number of carbonyl (C=O) groups excluding carboxylic acids is 2. The lowest BCUT2D eigenvalue weighted by atomic mass is 10.2. The number of amides is 2. The number of nitrogens with one attached hydrogen (secondary N) is 3. The second kappa shape index (κ2) is 8.21. The van der Waals surface area contributed by atoms with E-state index in [0.29, 0.717) is 16.4 Å². The van der Waals surface area contributed by atoms with Gasteiger partial charge in [0.2, 0.25) is 0 Å². The molecule has 0 aliphatic carbocycles. The van der Waals surface area contributed by atoms with Gasteiger partial charge in [0, 0.05) is 11.3 Å². The second-order valence-electron chi connectivity index (χ2n) is 5.91. The normalized spacial score (nSPS) is 10.5. The molecule has 0 saturated carbocycles. The quantitative estimate of drug-likeness (QED) is 0.425. The summed E-state index contributed by atoms with van der Waals surface area (Å²) in [6.45, 7) is 0. The molecule has 4 aromatic rings. The van der Waals surface area contributed by atoms with Gasteiger partial charge in [0.15, 0.2) is 16.0 Å². The number of rotatable bonds is 4. The molecular formula is C20H14N4O3S2. The van der Waals surface area contributed by atoms with Crippen molar-refractivity contribution in [2.75, 3.05) is 10.6 Å². The van der Waals surface area contributed by atoms with Gasteiger partial charge in [-0.05, 0) is 54.7 Å². The van der Waals surface area contributed by atoms with Crippen LogP contribution in [0, 0.1) is 0 Å². The SMILES string of the molecule is O=C(NC(=S)Nc1ccc2nc(NC(=O)c3ccco3)sc2c1)c1ccccc1. The highest BCUT2D eigenvalue weighted by molar-refractivity contribution is 7.80. The van der Waals surface area contributed by atoms with Gasteiger partial charge in [-0.3, -0.25) is 20.2 Å². The largest absolute Gasteiger partial charge is 0.459 e. The molecule has 144 valence electrons. The third kappa shape index (κ3) is 4.48. The van der Waals surface area contributed by atoms with Gasteiger partial charge in [0.05, 0.1) is 16.5 Å². The van der Waals surface area contributed by atoms with Crippen LogP contribution in [0.4, 0.5) is 10.8 Å². The molecular weight excluding hydrogens is 408 g/mol. The second-order valence-corrected chi connectivity index (χ2v) is 7.35. The van der Waals surface area contributed by atoms with Gasteiger partial charge in [-0.25, -0.2) is 4.98 Å². The summed E-state index contributed by atoms with van der Waals surface area (Å²) in [5.41, 5.74) is 1.95. The maximum Gasteiger partial charge on any atom is 0.293 e. The number of fused-ring (bicyclic) bond motifs is 1. The molecule has 2 heterocycles. The Morgan fingerprint density at radius 3 is 2.55 bits per heavy atom. The number of nitrogens with zero attached hydrogens (tertiary/aromatic N) is 1. The molecule has 2 aromatic heterocycles. The van der Waals surface area contributed by atoms with Gasteiger partial charge in [0.1, 0.15) is 0 Å². The fourth-order valence-electron chi connectivity index (χ4n) is 2.55. The number of thiocarbonyl (C=S) groups is 1. The van der Waals surface area contributed by atoms with Crippen LogP contribution in [-0.2, 0) is 0 Å². The number of furan rings is 1. The van der Waals surface area contributed by atoms with Crippen molar-refractivity contribution >= 4 is 61.5 Å². The maximum absolute atomic E-state index is 12.2. The zero-order chi connectivity index (χ0) is 20.2. The Balaban J connectivity index is 1.42. The third-order valence-corrected chi connectivity index (χ3v) is 5.01. The Bertz CT molecular complexity index is 1190. The van der Waals surface area contributed by atoms with Crippen LogP contribution in [0.15, 0.2) is 71.3 Å². The van der Waals surface area contributed by atoms with E-state index in [-0.39, 0.29) is 22.7 Å². The summed E-state index contributed by atoms with van der Waals surface area (Å²) in [7, 11) is 0. The smallest absolute Gasteiger partial charge is 0.293 e. The van der Waals surface area contributed by atoms with E-state index in [0.717, 1.165) is 10.2 Å². The molecule has 0 aliphatic heterocycles. The zero-order valence-corrected chi connectivity index (χ0v) is 16.5. The van der Waals surface area contributed by atoms with Crippen LogP contribution in [0.1, 0.15) is 20.9 Å². The van der Waals surface area contributed by atoms with E-state index < -0.39 is 0 Å². The van der Waals surface area contributed by atoms with Crippen LogP contribution in [0.25, 0.3) is 10.2 Å². The summed E-state index contributed by atoms with van der Waals surface area (Å²) >= 11 is 6.54. The Morgan fingerprint density at radius 1 is 0.966 bits per heavy atom. The first-order valence-electron chi connectivity index (χ1n) is 8.51. The minimum Gasteiger partial charge on any atom is -0.459 e. The number of thiazole rings is 1. The summed E-state index contributed by atoms with van der Waals surface area (Å²) in [6.07, 6.45) is 1.44. The van der Waals surface area contributed by atoms with E-state index in [4.69, 9.17) is 16.6 Å². The van der Waals surface area contributed by atoms with E-state index in [1.165, 1.54) is 17.6 Å². The van der Waals surface area contributed by atoms with Gasteiger partial charge in [0.25, 0.3) is 11.8 Å². The summed E-state index contributed by atoms with van der Waals surface area (Å²) in [4.78, 5) is 28.6. The van der Waals surface area contributed by atoms with Crippen molar-refractivity contribution in [3.63, 3.8) is 0 Å². The van der Waals surface area contributed by atoms with Crippen molar-refractivity contribution in [3.05, 3.63) is 78.3 Å². The Morgan fingerprint density at radius 2 is 1.79 bits per heavy atom. The van der Waals surface area contributed by atoms with Gasteiger partial charge >= 0.3 is 0 Å². The maximum atomic E-state index is 12.2. The molecule has 0 bridgehead atoms. The Kier molecular flexibility index (Phi) is 5.32. The number of anilines is 2. The average Bonchev–Trinajstić information content (AvgIpc) is 3.37. The van der Waals surface area contributed by atoms with E-state index in [1.807, 2.05) is 12.1 Å². The number of carbonyl (C=O) groups is 2. The number of hydrogen-bond donors (Lipinski definition) is 3. The first-order chi connectivity index (χ1) is 14.1. The molecule has 0 fully saturated rings. The van der Waals surface area contributed by atoms with Crippen molar-refractivity contribution in [2.24, 2.45) is 0 Å².